The Kier molecular flexibility index (Phi) is 95.9. The number of rotatable bonds is 98. The highest BCUT2D eigenvalue weighted by Gasteiger charge is 2.31. The summed E-state index contributed by atoms with van der Waals surface area (Å²) in [5.41, 5.74) is 0. The van der Waals surface area contributed by atoms with Crippen LogP contribution < -0.4 is 0 Å². The van der Waals surface area contributed by atoms with Gasteiger partial charge in [0.2, 0.25) is 0 Å². The molecule has 0 heterocycles. The van der Waals surface area contributed by atoms with Crippen LogP contribution in [0.1, 0.15) is 505 Å². The first-order valence-electron chi connectivity index (χ1n) is 52.5. The topological polar surface area (TPSA) is 155 Å². The van der Waals surface area contributed by atoms with E-state index in [0.29, 0.717) is 13.2 Å². The maximum absolute atomic E-state index is 13.0. The SMILES string of the molecule is CCCCCCCCOC(CCCCCCCC)O[Si](C)(C)OCCCCCCN(CCCCO)CCCCCCOC(=O)C(CCCCCC)CCCCCCCC.CCCCCCCCOC(CCCCCCCC)O[Si](C)(C)OCCCCCCN(CCCCO)CCCCCCOC(=O)C(CCCCCC)CCCCCCCC. The van der Waals surface area contributed by atoms with Gasteiger partial charge in [-0.3, -0.25) is 9.59 Å². The van der Waals surface area contributed by atoms with Gasteiger partial charge in [0.1, 0.15) is 12.6 Å². The zero-order valence-electron chi connectivity index (χ0n) is 81.6. The van der Waals surface area contributed by atoms with Crippen LogP contribution in [0.4, 0.5) is 0 Å². The smallest absolute Gasteiger partial charge is 0.333 e. The molecule has 0 spiro atoms. The van der Waals surface area contributed by atoms with Crippen LogP contribution in [0.2, 0.25) is 26.2 Å². The summed E-state index contributed by atoms with van der Waals surface area (Å²) in [5, 5.41) is 18.7. The van der Waals surface area contributed by atoms with Gasteiger partial charge in [-0.2, -0.15) is 0 Å². The van der Waals surface area contributed by atoms with Crippen molar-refractivity contribution >= 4 is 29.1 Å². The average Bonchev–Trinajstić information content (AvgIpc) is 0.909. The maximum atomic E-state index is 13.0. The number of unbranched alkanes of at least 4 members (excludes halogenated alkanes) is 50. The fourth-order valence-corrected chi connectivity index (χ4v) is 19.2. The second-order valence-corrected chi connectivity index (χ2v) is 43.4. The molecule has 4 unspecified atom stereocenters. The first-order valence-corrected chi connectivity index (χ1v) is 58.2. The number of aliphatic hydroxyl groups is 2. The number of esters is 2. The zero-order chi connectivity index (χ0) is 86.7. The van der Waals surface area contributed by atoms with E-state index < -0.39 is 17.1 Å². The van der Waals surface area contributed by atoms with E-state index in [1.54, 1.807) is 0 Å². The van der Waals surface area contributed by atoms with Crippen LogP contribution in [0.15, 0.2) is 0 Å². The summed E-state index contributed by atoms with van der Waals surface area (Å²) in [6, 6.07) is 0. The van der Waals surface area contributed by atoms with Crippen molar-refractivity contribution in [3.8, 4) is 0 Å². The first kappa shape index (κ1) is 119. The molecule has 708 valence electrons. The van der Waals surface area contributed by atoms with E-state index >= 15 is 0 Å². The Hall–Kier alpha value is -1.03. The standard InChI is InChI=1S/2C51H105NO6Si/c2*1-7-11-15-19-22-30-40-49(39-29-18-14-10-4)51(54)56-47-37-27-24-32-42-52(44-34-35-45-53)43-33-25-28-38-48-57-59(5,6)58-50(41-31-23-20-16-12-8-2)55-46-36-26-21-17-13-9-3/h2*49-50,53H,7-48H2,1-6H3. The van der Waals surface area contributed by atoms with Crippen LogP contribution in [0, 0.1) is 11.8 Å². The Labute approximate surface area is 738 Å². The molecule has 0 fully saturated rings. The van der Waals surface area contributed by atoms with Gasteiger partial charge in [-0.15, -0.1) is 0 Å². The summed E-state index contributed by atoms with van der Waals surface area (Å²) < 4.78 is 50.4. The summed E-state index contributed by atoms with van der Waals surface area (Å²) in [6.45, 7) is 38.3. The molecule has 0 saturated carbocycles. The van der Waals surface area contributed by atoms with Crippen molar-refractivity contribution in [2.24, 2.45) is 11.8 Å². The first-order chi connectivity index (χ1) is 57.7. The molecule has 0 rings (SSSR count). The lowest BCUT2D eigenvalue weighted by Crippen LogP contribution is -2.40. The van der Waals surface area contributed by atoms with Crippen molar-refractivity contribution < 1.29 is 56.5 Å². The maximum Gasteiger partial charge on any atom is 0.333 e. The number of carbonyl (C=O) groups is 2. The number of ether oxygens (including phenoxy) is 4. The minimum atomic E-state index is -2.27. The average molecular weight is 1710 g/mol. The Morgan fingerprint density at radius 3 is 0.686 bits per heavy atom. The second-order valence-electron chi connectivity index (χ2n) is 36.7. The van der Waals surface area contributed by atoms with Gasteiger partial charge >= 0.3 is 29.1 Å². The van der Waals surface area contributed by atoms with Crippen molar-refractivity contribution in [2.45, 2.75) is 544 Å². The highest BCUT2D eigenvalue weighted by atomic mass is 28.4. The molecule has 16 heteroatoms. The van der Waals surface area contributed by atoms with E-state index in [1.807, 2.05) is 0 Å². The molecule has 0 aromatic rings. The van der Waals surface area contributed by atoms with E-state index in [4.69, 9.17) is 36.7 Å². The third-order valence-electron chi connectivity index (χ3n) is 23.9. The highest BCUT2D eigenvalue weighted by molar-refractivity contribution is 6.64. The molecular formula is C102H210N2O12Si2. The molecule has 0 bridgehead atoms. The molecule has 2 N–H and O–H groups in total. The van der Waals surface area contributed by atoms with Crippen molar-refractivity contribution in [3.63, 3.8) is 0 Å². The monoisotopic (exact) mass is 1710 g/mol. The molecule has 14 nitrogen and oxygen atoms in total. The van der Waals surface area contributed by atoms with E-state index in [0.717, 1.165) is 207 Å². The summed E-state index contributed by atoms with van der Waals surface area (Å²) in [7, 11) is -4.55. The molecular weight excluding hydrogens is 1500 g/mol. The van der Waals surface area contributed by atoms with E-state index in [1.165, 1.54) is 308 Å². The zero-order valence-corrected chi connectivity index (χ0v) is 83.6. The summed E-state index contributed by atoms with van der Waals surface area (Å²) in [4.78, 5) is 31.2. The van der Waals surface area contributed by atoms with Crippen LogP contribution >= 0.6 is 0 Å². The van der Waals surface area contributed by atoms with Crippen LogP contribution in [-0.4, -0.2) is 154 Å². The largest absolute Gasteiger partial charge is 0.465 e. The fraction of sp³-hybridized carbons (Fsp3) is 0.980. The third kappa shape index (κ3) is 87.1. The van der Waals surface area contributed by atoms with Crippen molar-refractivity contribution in [3.05, 3.63) is 0 Å². The molecule has 0 amide bonds. The predicted molar refractivity (Wildman–Crippen MR) is 513 cm³/mol. The fourth-order valence-electron chi connectivity index (χ4n) is 16.1. The van der Waals surface area contributed by atoms with Gasteiger partial charge in [-0.1, -0.05) is 364 Å². The van der Waals surface area contributed by atoms with Gasteiger partial charge in [0.05, 0.1) is 25.0 Å². The van der Waals surface area contributed by atoms with Gasteiger partial charge in [0, 0.05) is 39.6 Å². The van der Waals surface area contributed by atoms with E-state index in [-0.39, 0.29) is 49.6 Å². The van der Waals surface area contributed by atoms with Gasteiger partial charge < -0.3 is 56.7 Å². The summed E-state index contributed by atoms with van der Waals surface area (Å²) in [5.74, 6) is 0.314. The molecule has 0 aliphatic rings. The molecule has 0 saturated heterocycles. The van der Waals surface area contributed by atoms with Gasteiger partial charge in [0.15, 0.2) is 0 Å². The highest BCUT2D eigenvalue weighted by Crippen LogP contribution is 2.26. The molecule has 0 radical (unpaired) electrons. The van der Waals surface area contributed by atoms with Crippen LogP contribution in [0.3, 0.4) is 0 Å². The van der Waals surface area contributed by atoms with E-state index in [2.05, 4.69) is 91.4 Å². The lowest BCUT2D eigenvalue weighted by molar-refractivity contribution is -0.150. The minimum Gasteiger partial charge on any atom is -0.465 e. The second kappa shape index (κ2) is 95.1. The van der Waals surface area contributed by atoms with Crippen molar-refractivity contribution in [1.82, 2.24) is 9.80 Å². The summed E-state index contributed by atoms with van der Waals surface area (Å²) >= 11 is 0. The lowest BCUT2D eigenvalue weighted by Gasteiger charge is -2.29. The van der Waals surface area contributed by atoms with Crippen molar-refractivity contribution in [1.29, 1.82) is 0 Å². The molecule has 0 aliphatic heterocycles. The van der Waals surface area contributed by atoms with Gasteiger partial charge in [0.25, 0.3) is 0 Å². The molecule has 0 aromatic carbocycles. The minimum absolute atomic E-state index is 0.0620. The Balaban J connectivity index is 0. The Morgan fingerprint density at radius 1 is 0.237 bits per heavy atom. The quantitative estimate of drug-likeness (QED) is 0.0257. The van der Waals surface area contributed by atoms with Crippen LogP contribution in [0.25, 0.3) is 0 Å². The number of hydrogen-bond donors (Lipinski definition) is 2. The number of hydrogen-bond acceptors (Lipinski definition) is 14. The van der Waals surface area contributed by atoms with Gasteiger partial charge in [-0.05, 0) is 207 Å². The van der Waals surface area contributed by atoms with Crippen LogP contribution in [0.5, 0.6) is 0 Å². The number of nitrogens with zero attached hydrogens (tertiary/aromatic N) is 2. The normalized spacial score (nSPS) is 13.1. The number of aliphatic hydroxyl groups excluding tert-OH is 2. The Morgan fingerprint density at radius 2 is 0.432 bits per heavy atom. The molecule has 0 aromatic heterocycles. The lowest BCUT2D eigenvalue weighted by atomic mass is 9.94. The molecule has 118 heavy (non-hydrogen) atoms. The predicted octanol–water partition coefficient (Wildman–Crippen LogP) is 30.5. The number of carbonyl (C=O) groups excluding carboxylic acids is 2. The van der Waals surface area contributed by atoms with Crippen molar-refractivity contribution in [2.75, 3.05) is 92.1 Å². The summed E-state index contributed by atoms with van der Waals surface area (Å²) in [6.07, 6.45) is 83.6. The third-order valence-corrected chi connectivity index (χ3v) is 27.4. The van der Waals surface area contributed by atoms with Gasteiger partial charge in [-0.25, -0.2) is 0 Å². The molecule has 4 atom stereocenters. The van der Waals surface area contributed by atoms with Crippen LogP contribution in [-0.2, 0) is 46.2 Å². The van der Waals surface area contributed by atoms with E-state index in [9.17, 15) is 19.8 Å². The Bertz CT molecular complexity index is 1830. The molecule has 0 aliphatic carbocycles.